The molecule has 1 aliphatic carbocycles. The van der Waals surface area contributed by atoms with Gasteiger partial charge in [-0.2, -0.15) is 15.1 Å². The number of hydrogen-bond acceptors (Lipinski definition) is 7. The van der Waals surface area contributed by atoms with Crippen LogP contribution < -0.4 is 15.4 Å². The lowest BCUT2D eigenvalue weighted by atomic mass is 9.83. The number of carbonyl (C=O) groups is 1. The number of carbonyl (C=O) groups excluding carboxylic acids is 1. The van der Waals surface area contributed by atoms with Crippen LogP contribution in [0.2, 0.25) is 0 Å². The number of anilines is 2. The minimum Gasteiger partial charge on any atom is -0.391 e. The summed E-state index contributed by atoms with van der Waals surface area (Å²) in [6.07, 6.45) is 9.50. The standard InChI is InChI=1S/C20H28N6O2/c1-13-17(14-6-3-2-4-7-14)18(24-16-9-11-22-26-16)25-20(23-13)28-19(27)15-8-5-10-21-12-15/h9,11,14-15,21H,2-8,10,12H2,1H3,(H2,22,23,24,25,26). The molecule has 0 radical (unpaired) electrons. The van der Waals surface area contributed by atoms with Crippen LogP contribution in [0.25, 0.3) is 0 Å². The summed E-state index contributed by atoms with van der Waals surface area (Å²) in [5.41, 5.74) is 1.99. The summed E-state index contributed by atoms with van der Waals surface area (Å²) in [7, 11) is 0. The molecule has 2 aromatic rings. The maximum atomic E-state index is 12.5. The molecule has 3 N–H and O–H groups in total. The Labute approximate surface area is 164 Å². The molecule has 150 valence electrons. The van der Waals surface area contributed by atoms with E-state index in [1.54, 1.807) is 6.20 Å². The van der Waals surface area contributed by atoms with Crippen molar-refractivity contribution >= 4 is 17.6 Å². The van der Waals surface area contributed by atoms with E-state index in [0.29, 0.717) is 18.3 Å². The van der Waals surface area contributed by atoms with Crippen molar-refractivity contribution in [2.45, 2.75) is 57.8 Å². The molecule has 1 atom stereocenters. The Bertz CT molecular complexity index is 795. The van der Waals surface area contributed by atoms with Crippen molar-refractivity contribution in [1.29, 1.82) is 0 Å². The molecule has 4 rings (SSSR count). The Morgan fingerprint density at radius 1 is 1.18 bits per heavy atom. The molecular weight excluding hydrogens is 356 g/mol. The van der Waals surface area contributed by atoms with E-state index in [0.717, 1.165) is 49.3 Å². The minimum absolute atomic E-state index is 0.120. The minimum atomic E-state index is -0.260. The summed E-state index contributed by atoms with van der Waals surface area (Å²) in [5, 5.41) is 13.5. The predicted octanol–water partition coefficient (Wildman–Crippen LogP) is 3.20. The van der Waals surface area contributed by atoms with Gasteiger partial charge in [-0.25, -0.2) is 0 Å². The van der Waals surface area contributed by atoms with Crippen molar-refractivity contribution in [2.75, 3.05) is 18.4 Å². The molecule has 2 aromatic heterocycles. The van der Waals surface area contributed by atoms with Gasteiger partial charge in [-0.15, -0.1) is 0 Å². The van der Waals surface area contributed by atoms with Gasteiger partial charge in [0.05, 0.1) is 17.8 Å². The second-order valence-corrected chi connectivity index (χ2v) is 7.75. The van der Waals surface area contributed by atoms with Gasteiger partial charge >= 0.3 is 12.0 Å². The number of aromatic amines is 1. The van der Waals surface area contributed by atoms with E-state index in [1.807, 2.05) is 13.0 Å². The molecule has 1 unspecified atom stereocenters. The van der Waals surface area contributed by atoms with Crippen LogP contribution >= 0.6 is 0 Å². The van der Waals surface area contributed by atoms with Crippen LogP contribution in [0.3, 0.4) is 0 Å². The summed E-state index contributed by atoms with van der Waals surface area (Å²) < 4.78 is 5.57. The maximum absolute atomic E-state index is 12.5. The summed E-state index contributed by atoms with van der Waals surface area (Å²) >= 11 is 0. The normalized spacial score (nSPS) is 20.7. The van der Waals surface area contributed by atoms with Crippen molar-refractivity contribution in [3.05, 3.63) is 23.5 Å². The van der Waals surface area contributed by atoms with Gasteiger partial charge in [-0.05, 0) is 45.1 Å². The molecule has 3 heterocycles. The van der Waals surface area contributed by atoms with Crippen LogP contribution in [0.4, 0.5) is 11.6 Å². The molecule has 8 nitrogen and oxygen atoms in total. The molecule has 0 spiro atoms. The number of H-pyrrole nitrogens is 1. The number of aromatic nitrogens is 4. The highest BCUT2D eigenvalue weighted by Crippen LogP contribution is 2.38. The first-order valence-corrected chi connectivity index (χ1v) is 10.3. The third kappa shape index (κ3) is 4.32. The van der Waals surface area contributed by atoms with E-state index in [1.165, 1.54) is 19.3 Å². The lowest BCUT2D eigenvalue weighted by Gasteiger charge is -2.25. The zero-order valence-corrected chi connectivity index (χ0v) is 16.3. The first-order chi connectivity index (χ1) is 13.7. The second-order valence-electron chi connectivity index (χ2n) is 7.75. The van der Waals surface area contributed by atoms with E-state index in [4.69, 9.17) is 4.74 Å². The number of rotatable bonds is 5. The highest BCUT2D eigenvalue weighted by molar-refractivity contribution is 5.75. The fourth-order valence-electron chi connectivity index (χ4n) is 4.26. The lowest BCUT2D eigenvalue weighted by molar-refractivity contribution is -0.140. The molecule has 28 heavy (non-hydrogen) atoms. The second kappa shape index (κ2) is 8.68. The summed E-state index contributed by atoms with van der Waals surface area (Å²) in [6.45, 7) is 3.58. The van der Waals surface area contributed by atoms with Crippen molar-refractivity contribution in [3.63, 3.8) is 0 Å². The van der Waals surface area contributed by atoms with E-state index < -0.39 is 0 Å². The molecule has 1 saturated carbocycles. The number of nitrogens with zero attached hydrogens (tertiary/aromatic N) is 3. The Hall–Kier alpha value is -2.48. The van der Waals surface area contributed by atoms with Gasteiger partial charge < -0.3 is 15.4 Å². The van der Waals surface area contributed by atoms with E-state index in [2.05, 4.69) is 30.8 Å². The number of piperidine rings is 1. The van der Waals surface area contributed by atoms with Crippen molar-refractivity contribution in [1.82, 2.24) is 25.5 Å². The zero-order chi connectivity index (χ0) is 19.3. The van der Waals surface area contributed by atoms with Crippen LogP contribution in [-0.2, 0) is 4.79 Å². The van der Waals surface area contributed by atoms with Crippen molar-refractivity contribution in [2.24, 2.45) is 5.92 Å². The monoisotopic (exact) mass is 384 g/mol. The van der Waals surface area contributed by atoms with Gasteiger partial charge in [0.15, 0.2) is 0 Å². The summed E-state index contributed by atoms with van der Waals surface area (Å²) in [5.74, 6) is 1.48. The average Bonchev–Trinajstić information content (AvgIpc) is 3.22. The highest BCUT2D eigenvalue weighted by Gasteiger charge is 2.27. The fourth-order valence-corrected chi connectivity index (χ4v) is 4.26. The van der Waals surface area contributed by atoms with Gasteiger partial charge in [0.25, 0.3) is 0 Å². The molecular formula is C20H28N6O2. The smallest absolute Gasteiger partial charge is 0.326 e. The topological polar surface area (TPSA) is 105 Å². The fraction of sp³-hybridized carbons (Fsp3) is 0.600. The Morgan fingerprint density at radius 3 is 2.75 bits per heavy atom. The van der Waals surface area contributed by atoms with Crippen LogP contribution in [-0.4, -0.2) is 39.2 Å². The highest BCUT2D eigenvalue weighted by atomic mass is 16.5. The van der Waals surface area contributed by atoms with Crippen LogP contribution in [0.5, 0.6) is 6.01 Å². The molecule has 0 bridgehead atoms. The zero-order valence-electron chi connectivity index (χ0n) is 16.3. The van der Waals surface area contributed by atoms with Gasteiger partial charge in [-0.1, -0.05) is 19.3 Å². The number of aryl methyl sites for hydroxylation is 1. The van der Waals surface area contributed by atoms with Crippen LogP contribution in [0.1, 0.15) is 62.1 Å². The van der Waals surface area contributed by atoms with Gasteiger partial charge in [0, 0.05) is 18.2 Å². The SMILES string of the molecule is Cc1nc(OC(=O)C2CCCNC2)nc(Nc2ccn[nH]2)c1C1CCCCC1. The number of nitrogens with one attached hydrogen (secondary N) is 3. The molecule has 2 fully saturated rings. The molecule has 1 saturated heterocycles. The van der Waals surface area contributed by atoms with E-state index in [9.17, 15) is 4.79 Å². The average molecular weight is 384 g/mol. The van der Waals surface area contributed by atoms with E-state index in [-0.39, 0.29) is 17.9 Å². The number of hydrogen-bond donors (Lipinski definition) is 3. The Balaban J connectivity index is 1.60. The molecule has 2 aliphatic rings. The first-order valence-electron chi connectivity index (χ1n) is 10.3. The molecule has 0 amide bonds. The number of esters is 1. The van der Waals surface area contributed by atoms with Gasteiger partial charge in [0.1, 0.15) is 11.6 Å². The van der Waals surface area contributed by atoms with E-state index >= 15 is 0 Å². The molecule has 1 aliphatic heterocycles. The summed E-state index contributed by atoms with van der Waals surface area (Å²) in [4.78, 5) is 21.6. The quantitative estimate of drug-likeness (QED) is 0.680. The van der Waals surface area contributed by atoms with Crippen molar-refractivity contribution in [3.8, 4) is 6.01 Å². The third-order valence-electron chi connectivity index (χ3n) is 5.71. The molecule has 0 aromatic carbocycles. The van der Waals surface area contributed by atoms with Crippen molar-refractivity contribution < 1.29 is 9.53 Å². The van der Waals surface area contributed by atoms with Gasteiger partial charge in [-0.3, -0.25) is 9.89 Å². The predicted molar refractivity (Wildman–Crippen MR) is 106 cm³/mol. The summed E-state index contributed by atoms with van der Waals surface area (Å²) in [6, 6.07) is 1.97. The lowest BCUT2D eigenvalue weighted by Crippen LogP contribution is -2.36. The Kier molecular flexibility index (Phi) is 5.85. The molecule has 8 heteroatoms. The largest absolute Gasteiger partial charge is 0.391 e. The van der Waals surface area contributed by atoms with Gasteiger partial charge in [0.2, 0.25) is 0 Å². The first kappa shape index (κ1) is 18.9. The van der Waals surface area contributed by atoms with Crippen LogP contribution in [0.15, 0.2) is 12.3 Å². The number of ether oxygens (including phenoxy) is 1. The third-order valence-corrected chi connectivity index (χ3v) is 5.71. The maximum Gasteiger partial charge on any atom is 0.326 e. The van der Waals surface area contributed by atoms with Crippen LogP contribution in [0, 0.1) is 12.8 Å². The Morgan fingerprint density at radius 2 is 2.04 bits per heavy atom.